The molecule has 0 aliphatic carbocycles. The van der Waals surface area contributed by atoms with Gasteiger partial charge >= 0.3 is 0 Å². The molecule has 2 nitrogen and oxygen atoms in total. The first kappa shape index (κ1) is 10.2. The van der Waals surface area contributed by atoms with Gasteiger partial charge in [-0.05, 0) is 36.9 Å². The molecule has 0 aliphatic heterocycles. The Morgan fingerprint density at radius 1 is 1.40 bits per heavy atom. The van der Waals surface area contributed by atoms with E-state index in [9.17, 15) is 4.79 Å². The van der Waals surface area contributed by atoms with Crippen molar-refractivity contribution >= 4 is 17.1 Å². The monoisotopic (exact) mass is 220 g/mol. The van der Waals surface area contributed by atoms with Gasteiger partial charge in [0.15, 0.2) is 11.5 Å². The van der Waals surface area contributed by atoms with E-state index in [0.717, 1.165) is 12.2 Å². The summed E-state index contributed by atoms with van der Waals surface area (Å²) in [4.78, 5) is 12.9. The predicted octanol–water partition coefficient (Wildman–Crippen LogP) is 3.47. The molecule has 0 fully saturated rings. The number of thiophene rings is 1. The van der Waals surface area contributed by atoms with Crippen LogP contribution in [0, 0.1) is 6.92 Å². The van der Waals surface area contributed by atoms with Crippen molar-refractivity contribution in [1.82, 2.24) is 0 Å². The van der Waals surface area contributed by atoms with Crippen LogP contribution in [-0.4, -0.2) is 5.78 Å². The molecule has 2 rings (SSSR count). The van der Waals surface area contributed by atoms with Crippen LogP contribution in [0.4, 0.5) is 0 Å². The fourth-order valence-corrected chi connectivity index (χ4v) is 2.11. The van der Waals surface area contributed by atoms with Gasteiger partial charge in [-0.2, -0.15) is 0 Å². The molecule has 0 amide bonds. The fourth-order valence-electron chi connectivity index (χ4n) is 1.40. The first-order chi connectivity index (χ1) is 7.25. The van der Waals surface area contributed by atoms with Crippen molar-refractivity contribution < 1.29 is 9.21 Å². The molecule has 0 saturated heterocycles. The average molecular weight is 220 g/mol. The number of carbonyl (C=O) groups is 1. The van der Waals surface area contributed by atoms with E-state index in [1.54, 1.807) is 17.4 Å². The van der Waals surface area contributed by atoms with Crippen molar-refractivity contribution in [3.63, 3.8) is 0 Å². The first-order valence-electron chi connectivity index (χ1n) is 4.88. The Bertz CT molecular complexity index is 440. The van der Waals surface area contributed by atoms with E-state index in [0.29, 0.717) is 12.2 Å². The van der Waals surface area contributed by atoms with Crippen LogP contribution in [0.1, 0.15) is 27.6 Å². The smallest absolute Gasteiger partial charge is 0.198 e. The third-order valence-electron chi connectivity index (χ3n) is 2.19. The summed E-state index contributed by atoms with van der Waals surface area (Å²) in [6.45, 7) is 1.84. The van der Waals surface area contributed by atoms with Gasteiger partial charge in [0.05, 0.1) is 0 Å². The number of rotatable bonds is 4. The fraction of sp³-hybridized carbons (Fsp3) is 0.250. The second-order valence-corrected chi connectivity index (χ2v) is 4.45. The van der Waals surface area contributed by atoms with E-state index in [4.69, 9.17) is 4.42 Å². The molecule has 0 spiro atoms. The second kappa shape index (κ2) is 4.45. The van der Waals surface area contributed by atoms with Crippen LogP contribution >= 0.6 is 11.3 Å². The molecule has 15 heavy (non-hydrogen) atoms. The van der Waals surface area contributed by atoms with E-state index in [1.165, 1.54) is 4.88 Å². The minimum absolute atomic E-state index is 0.0801. The predicted molar refractivity (Wildman–Crippen MR) is 60.4 cm³/mol. The molecule has 78 valence electrons. The zero-order valence-electron chi connectivity index (χ0n) is 8.53. The number of carbonyl (C=O) groups excluding carboxylic acids is 1. The molecule has 0 saturated carbocycles. The highest BCUT2D eigenvalue weighted by molar-refractivity contribution is 7.09. The molecule has 2 aromatic rings. The van der Waals surface area contributed by atoms with Crippen LogP contribution in [0.15, 0.2) is 34.1 Å². The van der Waals surface area contributed by atoms with Gasteiger partial charge in [-0.1, -0.05) is 6.07 Å². The third-order valence-corrected chi connectivity index (χ3v) is 3.13. The summed E-state index contributed by atoms with van der Waals surface area (Å²) in [7, 11) is 0. The summed E-state index contributed by atoms with van der Waals surface area (Å²) in [5, 5.41) is 2.02. The summed E-state index contributed by atoms with van der Waals surface area (Å²) >= 11 is 1.68. The highest BCUT2D eigenvalue weighted by Crippen LogP contribution is 2.14. The van der Waals surface area contributed by atoms with Gasteiger partial charge in [-0.3, -0.25) is 4.79 Å². The van der Waals surface area contributed by atoms with Gasteiger partial charge < -0.3 is 4.42 Å². The highest BCUT2D eigenvalue weighted by Gasteiger charge is 2.09. The summed E-state index contributed by atoms with van der Waals surface area (Å²) < 4.78 is 5.27. The molecule has 0 N–H and O–H groups in total. The lowest BCUT2D eigenvalue weighted by atomic mass is 10.1. The van der Waals surface area contributed by atoms with Gasteiger partial charge in [0.25, 0.3) is 0 Å². The van der Waals surface area contributed by atoms with Crippen LogP contribution in [0.2, 0.25) is 0 Å². The Hall–Kier alpha value is -1.35. The van der Waals surface area contributed by atoms with Crippen molar-refractivity contribution in [1.29, 1.82) is 0 Å². The van der Waals surface area contributed by atoms with Crippen LogP contribution in [0.3, 0.4) is 0 Å². The Morgan fingerprint density at radius 3 is 2.87 bits per heavy atom. The lowest BCUT2D eigenvalue weighted by Gasteiger charge is -1.95. The zero-order chi connectivity index (χ0) is 10.7. The second-order valence-electron chi connectivity index (χ2n) is 3.41. The summed E-state index contributed by atoms with van der Waals surface area (Å²) in [6.07, 6.45) is 1.32. The molecule has 0 aromatic carbocycles. The van der Waals surface area contributed by atoms with Crippen molar-refractivity contribution in [2.24, 2.45) is 0 Å². The minimum Gasteiger partial charge on any atom is -0.458 e. The lowest BCUT2D eigenvalue weighted by Crippen LogP contribution is -1.98. The quantitative estimate of drug-likeness (QED) is 0.738. The van der Waals surface area contributed by atoms with Gasteiger partial charge in [-0.25, -0.2) is 0 Å². The lowest BCUT2D eigenvalue weighted by molar-refractivity contribution is 0.0955. The van der Waals surface area contributed by atoms with E-state index in [2.05, 4.69) is 0 Å². The van der Waals surface area contributed by atoms with Crippen LogP contribution in [-0.2, 0) is 6.42 Å². The largest absolute Gasteiger partial charge is 0.458 e. The molecule has 0 bridgehead atoms. The first-order valence-corrected chi connectivity index (χ1v) is 5.75. The van der Waals surface area contributed by atoms with Crippen LogP contribution < -0.4 is 0 Å². The molecule has 3 heteroatoms. The number of furan rings is 1. The number of aryl methyl sites for hydroxylation is 2. The summed E-state index contributed by atoms with van der Waals surface area (Å²) in [5.41, 5.74) is 0. The van der Waals surface area contributed by atoms with Crippen LogP contribution in [0.25, 0.3) is 0 Å². The number of hydrogen-bond acceptors (Lipinski definition) is 3. The maximum atomic E-state index is 11.7. The third kappa shape index (κ3) is 2.57. The molecule has 0 aliphatic rings. The van der Waals surface area contributed by atoms with E-state index in [-0.39, 0.29) is 5.78 Å². The van der Waals surface area contributed by atoms with Gasteiger partial charge in [0, 0.05) is 11.3 Å². The number of hydrogen-bond donors (Lipinski definition) is 0. The Balaban J connectivity index is 1.93. The molecule has 2 aromatic heterocycles. The summed E-state index contributed by atoms with van der Waals surface area (Å²) in [5.74, 6) is 1.34. The Kier molecular flexibility index (Phi) is 3.02. The van der Waals surface area contributed by atoms with Gasteiger partial charge in [0.1, 0.15) is 5.76 Å². The van der Waals surface area contributed by atoms with Crippen LogP contribution in [0.5, 0.6) is 0 Å². The Labute approximate surface area is 92.5 Å². The van der Waals surface area contributed by atoms with Crippen molar-refractivity contribution in [2.75, 3.05) is 0 Å². The molecule has 0 atom stereocenters. The van der Waals surface area contributed by atoms with Crippen molar-refractivity contribution in [3.05, 3.63) is 46.0 Å². The maximum absolute atomic E-state index is 11.7. The van der Waals surface area contributed by atoms with Gasteiger partial charge in [0.2, 0.25) is 0 Å². The minimum atomic E-state index is 0.0801. The normalized spacial score (nSPS) is 10.5. The van der Waals surface area contributed by atoms with E-state index in [1.807, 2.05) is 30.5 Å². The maximum Gasteiger partial charge on any atom is 0.198 e. The van der Waals surface area contributed by atoms with Crippen molar-refractivity contribution in [2.45, 2.75) is 19.8 Å². The van der Waals surface area contributed by atoms with E-state index < -0.39 is 0 Å². The molecular formula is C12H12O2S. The molecule has 0 radical (unpaired) electrons. The Morgan fingerprint density at radius 2 is 2.27 bits per heavy atom. The number of Topliss-reactive ketones (excluding diaryl/α,β-unsaturated/α-hetero) is 1. The average Bonchev–Trinajstić information content (AvgIpc) is 2.84. The topological polar surface area (TPSA) is 30.2 Å². The summed E-state index contributed by atoms with van der Waals surface area (Å²) in [6, 6.07) is 7.61. The highest BCUT2D eigenvalue weighted by atomic mass is 32.1. The number of ketones is 1. The zero-order valence-corrected chi connectivity index (χ0v) is 9.34. The van der Waals surface area contributed by atoms with Crippen molar-refractivity contribution in [3.8, 4) is 0 Å². The van der Waals surface area contributed by atoms with E-state index >= 15 is 0 Å². The van der Waals surface area contributed by atoms with Gasteiger partial charge in [-0.15, -0.1) is 11.3 Å². The molecule has 2 heterocycles. The molecule has 0 unspecified atom stereocenters. The molecular weight excluding hydrogens is 208 g/mol. The standard InChI is InChI=1S/C12H12O2S/c1-9-4-7-12(14-9)11(13)6-5-10-3-2-8-15-10/h2-4,7-8H,5-6H2,1H3. The SMILES string of the molecule is Cc1ccc(C(=O)CCc2cccs2)o1.